The first-order chi connectivity index (χ1) is 6.79. The molecule has 0 aliphatic carbocycles. The Bertz CT molecular complexity index is 237. The van der Waals surface area contributed by atoms with E-state index in [1.165, 1.54) is 0 Å². The number of nitrogens with zero attached hydrogens (tertiary/aromatic N) is 1. The number of nitrogens with two attached hydrogens (primary N) is 2. The van der Waals surface area contributed by atoms with Crippen LogP contribution in [0.1, 0.15) is 33.6 Å². The first-order valence-corrected chi connectivity index (χ1v) is 5.29. The highest BCUT2D eigenvalue weighted by atomic mass is 16.6. The predicted molar refractivity (Wildman–Crippen MR) is 57.4 cm³/mol. The SMILES string of the molecule is CC(C)(C)OC(=O)C1CCN(N)C(N)C1. The lowest BCUT2D eigenvalue weighted by Gasteiger charge is -2.34. The van der Waals surface area contributed by atoms with E-state index in [4.69, 9.17) is 16.3 Å². The van der Waals surface area contributed by atoms with Crippen LogP contribution >= 0.6 is 0 Å². The Hall–Kier alpha value is -0.650. The molecule has 1 rings (SSSR count). The highest BCUT2D eigenvalue weighted by Gasteiger charge is 2.31. The smallest absolute Gasteiger partial charge is 0.309 e. The van der Waals surface area contributed by atoms with Gasteiger partial charge in [-0.15, -0.1) is 0 Å². The van der Waals surface area contributed by atoms with Crippen LogP contribution in [-0.4, -0.2) is 29.3 Å². The fourth-order valence-electron chi connectivity index (χ4n) is 1.61. The highest BCUT2D eigenvalue weighted by molar-refractivity contribution is 5.73. The molecule has 0 aromatic heterocycles. The second-order valence-corrected chi connectivity index (χ2v) is 5.06. The number of rotatable bonds is 1. The van der Waals surface area contributed by atoms with Crippen molar-refractivity contribution in [2.75, 3.05) is 6.54 Å². The number of hydrogen-bond donors (Lipinski definition) is 2. The number of carbonyl (C=O) groups excluding carboxylic acids is 1. The van der Waals surface area contributed by atoms with E-state index in [0.717, 1.165) is 6.42 Å². The van der Waals surface area contributed by atoms with Crippen molar-refractivity contribution in [3.05, 3.63) is 0 Å². The summed E-state index contributed by atoms with van der Waals surface area (Å²) >= 11 is 0. The van der Waals surface area contributed by atoms with Crippen LogP contribution in [0.15, 0.2) is 0 Å². The molecule has 0 radical (unpaired) electrons. The fourth-order valence-corrected chi connectivity index (χ4v) is 1.61. The minimum absolute atomic E-state index is 0.112. The van der Waals surface area contributed by atoms with E-state index in [9.17, 15) is 4.79 Å². The number of esters is 1. The molecule has 5 heteroatoms. The van der Waals surface area contributed by atoms with Crippen molar-refractivity contribution in [2.45, 2.75) is 45.4 Å². The topological polar surface area (TPSA) is 81.6 Å². The minimum atomic E-state index is -0.430. The Morgan fingerprint density at radius 1 is 1.47 bits per heavy atom. The molecule has 1 fully saturated rings. The summed E-state index contributed by atoms with van der Waals surface area (Å²) in [6.07, 6.45) is 1.06. The maximum Gasteiger partial charge on any atom is 0.309 e. The molecule has 0 aromatic carbocycles. The van der Waals surface area contributed by atoms with Gasteiger partial charge in [0.15, 0.2) is 0 Å². The summed E-state index contributed by atoms with van der Waals surface area (Å²) in [6, 6.07) is 0. The van der Waals surface area contributed by atoms with Gasteiger partial charge in [-0.05, 0) is 33.6 Å². The molecule has 0 spiro atoms. The van der Waals surface area contributed by atoms with Gasteiger partial charge in [-0.25, -0.2) is 5.01 Å². The number of hydrogen-bond acceptors (Lipinski definition) is 5. The second-order valence-electron chi connectivity index (χ2n) is 5.06. The third-order valence-electron chi connectivity index (χ3n) is 2.43. The van der Waals surface area contributed by atoms with Crippen LogP contribution in [0, 0.1) is 5.92 Å². The van der Waals surface area contributed by atoms with E-state index < -0.39 is 5.60 Å². The number of ether oxygens (including phenoxy) is 1. The van der Waals surface area contributed by atoms with Gasteiger partial charge in [-0.2, -0.15) is 0 Å². The first-order valence-electron chi connectivity index (χ1n) is 5.29. The maximum atomic E-state index is 11.7. The molecule has 2 unspecified atom stereocenters. The molecule has 1 saturated heterocycles. The van der Waals surface area contributed by atoms with Gasteiger partial charge in [-0.1, -0.05) is 0 Å². The molecule has 15 heavy (non-hydrogen) atoms. The first kappa shape index (κ1) is 12.4. The monoisotopic (exact) mass is 215 g/mol. The molecule has 0 amide bonds. The van der Waals surface area contributed by atoms with Crippen LogP contribution in [0.5, 0.6) is 0 Å². The molecule has 1 heterocycles. The van der Waals surface area contributed by atoms with Crippen LogP contribution < -0.4 is 11.6 Å². The molecule has 1 aliphatic heterocycles. The average molecular weight is 215 g/mol. The summed E-state index contributed by atoms with van der Waals surface area (Å²) in [5.41, 5.74) is 5.33. The van der Waals surface area contributed by atoms with Crippen molar-refractivity contribution in [3.63, 3.8) is 0 Å². The van der Waals surface area contributed by atoms with Crippen LogP contribution in [0.4, 0.5) is 0 Å². The standard InChI is InChI=1S/C10H21N3O2/c1-10(2,3)15-9(14)7-4-5-13(12)8(11)6-7/h7-8H,4-6,11-12H2,1-3H3. The summed E-state index contributed by atoms with van der Waals surface area (Å²) in [5.74, 6) is 5.35. The van der Waals surface area contributed by atoms with E-state index in [0.29, 0.717) is 13.0 Å². The Labute approximate surface area is 90.7 Å². The van der Waals surface area contributed by atoms with E-state index in [1.807, 2.05) is 20.8 Å². The average Bonchev–Trinajstić information content (AvgIpc) is 2.06. The zero-order valence-electron chi connectivity index (χ0n) is 9.69. The maximum absolute atomic E-state index is 11.7. The van der Waals surface area contributed by atoms with E-state index in [-0.39, 0.29) is 18.1 Å². The highest BCUT2D eigenvalue weighted by Crippen LogP contribution is 2.21. The van der Waals surface area contributed by atoms with Gasteiger partial charge in [0, 0.05) is 6.54 Å². The third-order valence-corrected chi connectivity index (χ3v) is 2.43. The molecule has 5 nitrogen and oxygen atoms in total. The fraction of sp³-hybridized carbons (Fsp3) is 0.900. The summed E-state index contributed by atoms with van der Waals surface area (Å²) in [4.78, 5) is 11.7. The molecule has 0 aromatic rings. The van der Waals surface area contributed by atoms with E-state index in [1.54, 1.807) is 5.01 Å². The van der Waals surface area contributed by atoms with Crippen LogP contribution in [0.25, 0.3) is 0 Å². The molecule has 0 bridgehead atoms. The quantitative estimate of drug-likeness (QED) is 0.482. The van der Waals surface area contributed by atoms with Gasteiger partial charge in [0.05, 0.1) is 12.1 Å². The second kappa shape index (κ2) is 4.47. The summed E-state index contributed by atoms with van der Waals surface area (Å²) in [6.45, 7) is 6.24. The Kier molecular flexibility index (Phi) is 3.70. The summed E-state index contributed by atoms with van der Waals surface area (Å²) in [5, 5.41) is 1.57. The predicted octanol–water partition coefficient (Wildman–Crippen LogP) is 0.199. The zero-order chi connectivity index (χ0) is 11.6. The van der Waals surface area contributed by atoms with Gasteiger partial charge >= 0.3 is 5.97 Å². The molecular formula is C10H21N3O2. The van der Waals surface area contributed by atoms with Crippen molar-refractivity contribution in [1.29, 1.82) is 0 Å². The van der Waals surface area contributed by atoms with Crippen molar-refractivity contribution in [1.82, 2.24) is 5.01 Å². The van der Waals surface area contributed by atoms with Crippen LogP contribution in [-0.2, 0) is 9.53 Å². The van der Waals surface area contributed by atoms with E-state index in [2.05, 4.69) is 0 Å². The molecule has 4 N–H and O–H groups in total. The lowest BCUT2D eigenvalue weighted by Crippen LogP contribution is -2.53. The molecule has 2 atom stereocenters. The molecule has 0 saturated carbocycles. The van der Waals surface area contributed by atoms with Gasteiger partial charge in [-0.3, -0.25) is 10.6 Å². The van der Waals surface area contributed by atoms with E-state index >= 15 is 0 Å². The minimum Gasteiger partial charge on any atom is -0.460 e. The van der Waals surface area contributed by atoms with Crippen molar-refractivity contribution in [3.8, 4) is 0 Å². The molecular weight excluding hydrogens is 194 g/mol. The van der Waals surface area contributed by atoms with Gasteiger partial charge in [0.1, 0.15) is 5.60 Å². The Morgan fingerprint density at radius 3 is 2.53 bits per heavy atom. The van der Waals surface area contributed by atoms with Crippen molar-refractivity contribution >= 4 is 5.97 Å². The molecule has 88 valence electrons. The Balaban J connectivity index is 2.48. The number of piperidine rings is 1. The third kappa shape index (κ3) is 3.77. The lowest BCUT2D eigenvalue weighted by molar-refractivity contribution is -0.162. The summed E-state index contributed by atoms with van der Waals surface area (Å²) in [7, 11) is 0. The van der Waals surface area contributed by atoms with Crippen LogP contribution in [0.2, 0.25) is 0 Å². The number of hydrazine groups is 1. The lowest BCUT2D eigenvalue weighted by atomic mass is 9.95. The molecule has 1 aliphatic rings. The normalized spacial score (nSPS) is 28.9. The Morgan fingerprint density at radius 2 is 2.07 bits per heavy atom. The van der Waals surface area contributed by atoms with Crippen LogP contribution in [0.3, 0.4) is 0 Å². The largest absolute Gasteiger partial charge is 0.460 e. The van der Waals surface area contributed by atoms with Crippen molar-refractivity contribution < 1.29 is 9.53 Å². The van der Waals surface area contributed by atoms with Crippen molar-refractivity contribution in [2.24, 2.45) is 17.5 Å². The zero-order valence-corrected chi connectivity index (χ0v) is 9.69. The summed E-state index contributed by atoms with van der Waals surface area (Å²) < 4.78 is 5.31. The number of carbonyl (C=O) groups is 1. The van der Waals surface area contributed by atoms with Gasteiger partial charge in [0.2, 0.25) is 0 Å². The van der Waals surface area contributed by atoms with Gasteiger partial charge in [0.25, 0.3) is 0 Å². The van der Waals surface area contributed by atoms with Gasteiger partial charge < -0.3 is 10.5 Å².